The molecular weight excluding hydrogens is 401 g/mol. The summed E-state index contributed by atoms with van der Waals surface area (Å²) in [6, 6.07) is 1.76. The number of ether oxygens (including phenoxy) is 1. The van der Waals surface area contributed by atoms with Gasteiger partial charge in [0.05, 0.1) is 23.3 Å². The Kier molecular flexibility index (Phi) is 6.84. The molecule has 0 amide bonds. The Morgan fingerprint density at radius 3 is 2.68 bits per heavy atom. The summed E-state index contributed by atoms with van der Waals surface area (Å²) in [6.07, 6.45) is 3.59. The lowest BCUT2D eigenvalue weighted by molar-refractivity contribution is -0.116. The van der Waals surface area contributed by atoms with E-state index in [0.717, 1.165) is 34.6 Å². The number of fused-ring (bicyclic) bond motifs is 1. The average Bonchev–Trinajstić information content (AvgIpc) is 3.51. The van der Waals surface area contributed by atoms with E-state index < -0.39 is 6.67 Å². The third-order valence-corrected chi connectivity index (χ3v) is 6.55. The molecule has 2 aliphatic rings. The Morgan fingerprint density at radius 1 is 1.36 bits per heavy atom. The highest BCUT2D eigenvalue weighted by atomic mass is 35.5. The second kappa shape index (κ2) is 8.97. The molecule has 0 radical (unpaired) electrons. The Balaban J connectivity index is 2.05. The van der Waals surface area contributed by atoms with E-state index in [-0.39, 0.29) is 35.8 Å². The van der Waals surface area contributed by atoms with Crippen LogP contribution in [0.15, 0.2) is 22.7 Å². The van der Waals surface area contributed by atoms with Crippen LogP contribution < -0.4 is 0 Å². The number of hydrogen-bond donors (Lipinski definition) is 0. The maximum atomic E-state index is 13.3. The summed E-state index contributed by atoms with van der Waals surface area (Å²) in [7, 11) is 3.56. The number of carbonyl (C=O) groups excluding carboxylic acids is 2. The van der Waals surface area contributed by atoms with Crippen LogP contribution in [-0.2, 0) is 9.53 Å². The van der Waals surface area contributed by atoms with Crippen LogP contribution in [0.2, 0.25) is 5.02 Å². The summed E-state index contributed by atoms with van der Waals surface area (Å²) >= 11 is 8.36. The van der Waals surface area contributed by atoms with Crippen LogP contribution in [0.3, 0.4) is 0 Å². The molecule has 4 nitrogen and oxygen atoms in total. The van der Waals surface area contributed by atoms with E-state index in [1.165, 1.54) is 0 Å². The number of carbonyl (C=O) groups is 2. The minimum absolute atomic E-state index is 0.00568. The van der Waals surface area contributed by atoms with Crippen LogP contribution in [0.5, 0.6) is 0 Å². The van der Waals surface area contributed by atoms with Gasteiger partial charge in [0.2, 0.25) is 0 Å². The summed E-state index contributed by atoms with van der Waals surface area (Å²) in [6.45, 7) is 1.35. The maximum absolute atomic E-state index is 13.3. The van der Waals surface area contributed by atoms with Gasteiger partial charge < -0.3 is 9.64 Å². The normalized spacial score (nSPS) is 19.3. The van der Waals surface area contributed by atoms with E-state index >= 15 is 0 Å². The van der Waals surface area contributed by atoms with Gasteiger partial charge in [-0.1, -0.05) is 11.6 Å². The van der Waals surface area contributed by atoms with Gasteiger partial charge in [0.25, 0.3) is 0 Å². The standard InChI is InChI=1S/C21H25ClFNO3S/c1-12-10-14(20(26)15(11-24(2)3)19(25)13-4-5-13)18(22)17-16(27-8-7-23)6-9-28-21(12)17/h10-11,13,16H,4-9H2,1-3H3. The lowest BCUT2D eigenvalue weighted by atomic mass is 9.93. The molecule has 152 valence electrons. The summed E-state index contributed by atoms with van der Waals surface area (Å²) < 4.78 is 18.3. The molecule has 0 spiro atoms. The predicted molar refractivity (Wildman–Crippen MR) is 110 cm³/mol. The fourth-order valence-corrected chi connectivity index (χ4v) is 5.04. The van der Waals surface area contributed by atoms with Crippen LogP contribution in [0.25, 0.3) is 0 Å². The molecule has 0 aromatic heterocycles. The molecule has 1 fully saturated rings. The van der Waals surface area contributed by atoms with Crippen LogP contribution >= 0.6 is 23.4 Å². The Morgan fingerprint density at radius 2 is 2.07 bits per heavy atom. The first-order chi connectivity index (χ1) is 13.3. The van der Waals surface area contributed by atoms with Crippen molar-refractivity contribution in [3.63, 3.8) is 0 Å². The monoisotopic (exact) mass is 425 g/mol. The molecule has 1 aromatic rings. The Hall–Kier alpha value is -1.37. The quantitative estimate of drug-likeness (QED) is 0.259. The third-order valence-electron chi connectivity index (χ3n) is 4.87. The Bertz CT molecular complexity index is 820. The first-order valence-electron chi connectivity index (χ1n) is 9.45. The third kappa shape index (κ3) is 4.44. The van der Waals surface area contributed by atoms with Crippen molar-refractivity contribution in [2.75, 3.05) is 33.1 Å². The van der Waals surface area contributed by atoms with Gasteiger partial charge in [0.15, 0.2) is 11.6 Å². The lowest BCUT2D eigenvalue weighted by Crippen LogP contribution is -2.21. The number of halogens is 2. The smallest absolute Gasteiger partial charge is 0.199 e. The molecule has 1 atom stereocenters. The van der Waals surface area contributed by atoms with Crippen molar-refractivity contribution in [1.82, 2.24) is 4.90 Å². The van der Waals surface area contributed by atoms with E-state index in [9.17, 15) is 14.0 Å². The van der Waals surface area contributed by atoms with Crippen LogP contribution in [-0.4, -0.2) is 49.6 Å². The zero-order valence-electron chi connectivity index (χ0n) is 16.4. The molecule has 1 aromatic carbocycles. The van der Waals surface area contributed by atoms with Crippen molar-refractivity contribution in [2.45, 2.75) is 37.2 Å². The first-order valence-corrected chi connectivity index (χ1v) is 10.8. The number of ketones is 2. The van der Waals surface area contributed by atoms with Crippen LogP contribution in [0.4, 0.5) is 4.39 Å². The molecular formula is C21H25ClFNO3S. The van der Waals surface area contributed by atoms with Gasteiger partial charge in [-0.3, -0.25) is 9.59 Å². The van der Waals surface area contributed by atoms with Gasteiger partial charge in [-0.05, 0) is 37.8 Å². The van der Waals surface area contributed by atoms with Gasteiger partial charge in [-0.2, -0.15) is 0 Å². The van der Waals surface area contributed by atoms with Crippen LogP contribution in [0, 0.1) is 12.8 Å². The zero-order valence-corrected chi connectivity index (χ0v) is 18.0. The van der Waals surface area contributed by atoms with Crippen molar-refractivity contribution < 1.29 is 18.7 Å². The van der Waals surface area contributed by atoms with Crippen molar-refractivity contribution >= 4 is 34.9 Å². The number of rotatable bonds is 8. The number of alkyl halides is 1. The van der Waals surface area contributed by atoms with Crippen LogP contribution in [0.1, 0.15) is 46.9 Å². The lowest BCUT2D eigenvalue weighted by Gasteiger charge is -2.28. The fraction of sp³-hybridized carbons (Fsp3) is 0.524. The highest BCUT2D eigenvalue weighted by Crippen LogP contribution is 2.46. The molecule has 1 heterocycles. The molecule has 1 aliphatic carbocycles. The topological polar surface area (TPSA) is 46.6 Å². The number of hydrogen-bond acceptors (Lipinski definition) is 5. The SMILES string of the molecule is Cc1cc(C(=O)C(=CN(C)C)C(=O)C2CC2)c(Cl)c2c1SCCC2OCCF. The number of Topliss-reactive ketones (excluding diaryl/α,β-unsaturated/α-hetero) is 2. The van der Waals surface area contributed by atoms with E-state index in [2.05, 4.69) is 0 Å². The number of nitrogens with zero attached hydrogens (tertiary/aromatic N) is 1. The van der Waals surface area contributed by atoms with Gasteiger partial charge in [-0.25, -0.2) is 4.39 Å². The number of thioether (sulfide) groups is 1. The van der Waals surface area contributed by atoms with Crippen molar-refractivity contribution in [3.8, 4) is 0 Å². The minimum Gasteiger partial charge on any atom is -0.383 e. The van der Waals surface area contributed by atoms with Gasteiger partial charge in [0.1, 0.15) is 6.67 Å². The molecule has 3 rings (SSSR count). The predicted octanol–water partition coefficient (Wildman–Crippen LogP) is 4.78. The molecule has 0 saturated heterocycles. The number of benzene rings is 1. The van der Waals surface area contributed by atoms with Gasteiger partial charge in [0, 0.05) is 48.0 Å². The average molecular weight is 426 g/mol. The Labute approximate surface area is 174 Å². The zero-order chi connectivity index (χ0) is 20.4. The molecule has 28 heavy (non-hydrogen) atoms. The highest BCUT2D eigenvalue weighted by Gasteiger charge is 2.36. The van der Waals surface area contributed by atoms with Gasteiger partial charge in [-0.15, -0.1) is 11.8 Å². The summed E-state index contributed by atoms with van der Waals surface area (Å²) in [4.78, 5) is 28.7. The molecule has 7 heteroatoms. The summed E-state index contributed by atoms with van der Waals surface area (Å²) in [5, 5.41) is 0.315. The minimum atomic E-state index is -0.570. The van der Waals surface area contributed by atoms with Crippen molar-refractivity contribution in [3.05, 3.63) is 39.6 Å². The second-order valence-electron chi connectivity index (χ2n) is 7.46. The number of allylic oxidation sites excluding steroid dienone is 1. The van der Waals surface area contributed by atoms with E-state index in [0.29, 0.717) is 17.0 Å². The molecule has 1 unspecified atom stereocenters. The molecule has 1 aliphatic heterocycles. The molecule has 1 saturated carbocycles. The number of aryl methyl sites for hydroxylation is 1. The van der Waals surface area contributed by atoms with Crippen molar-refractivity contribution in [1.29, 1.82) is 0 Å². The summed E-state index contributed by atoms with van der Waals surface area (Å²) in [5.41, 5.74) is 2.15. The first kappa shape index (κ1) is 21.3. The fourth-order valence-electron chi connectivity index (χ4n) is 3.42. The largest absolute Gasteiger partial charge is 0.383 e. The maximum Gasteiger partial charge on any atom is 0.199 e. The van der Waals surface area contributed by atoms with Crippen molar-refractivity contribution in [2.24, 2.45) is 5.92 Å². The van der Waals surface area contributed by atoms with E-state index in [1.807, 2.05) is 6.92 Å². The summed E-state index contributed by atoms with van der Waals surface area (Å²) in [5.74, 6) is 0.301. The molecule has 0 bridgehead atoms. The van der Waals surface area contributed by atoms with Gasteiger partial charge >= 0.3 is 0 Å². The van der Waals surface area contributed by atoms with E-state index in [4.69, 9.17) is 16.3 Å². The molecule has 0 N–H and O–H groups in total. The van der Waals surface area contributed by atoms with E-state index in [1.54, 1.807) is 43.0 Å². The second-order valence-corrected chi connectivity index (χ2v) is 8.94. The highest BCUT2D eigenvalue weighted by molar-refractivity contribution is 7.99.